The van der Waals surface area contributed by atoms with E-state index in [0.29, 0.717) is 44.0 Å². The van der Waals surface area contributed by atoms with Crippen LogP contribution in [0.25, 0.3) is 0 Å². The first-order chi connectivity index (χ1) is 27.6. The number of carbonyl (C=O) groups excluding carboxylic acids is 2. The topological polar surface area (TPSA) is 47.1 Å². The summed E-state index contributed by atoms with van der Waals surface area (Å²) < 4.78 is 82.4. The van der Waals surface area contributed by atoms with Crippen LogP contribution in [0.3, 0.4) is 0 Å². The van der Waals surface area contributed by atoms with Crippen LogP contribution in [-0.2, 0) is 25.2 Å². The van der Waals surface area contributed by atoms with Gasteiger partial charge >= 0.3 is 12.4 Å². The number of amides is 2. The monoisotopic (exact) mass is 804 g/mol. The molecule has 308 valence electrons. The van der Waals surface area contributed by atoms with Crippen molar-refractivity contribution in [1.29, 1.82) is 0 Å². The van der Waals surface area contributed by atoms with E-state index in [2.05, 4.69) is 32.9 Å². The van der Waals surface area contributed by atoms with Crippen molar-refractivity contribution in [3.8, 4) is 0 Å². The molecule has 2 amide bonds. The predicted octanol–water partition coefficient (Wildman–Crippen LogP) is 9.09. The molecule has 3 saturated heterocycles. The van der Waals surface area contributed by atoms with Gasteiger partial charge in [0.15, 0.2) is 0 Å². The number of benzene rings is 4. The molecule has 58 heavy (non-hydrogen) atoms. The molecule has 0 bridgehead atoms. The molecule has 6 nitrogen and oxygen atoms in total. The van der Waals surface area contributed by atoms with Crippen molar-refractivity contribution < 1.29 is 35.9 Å². The average Bonchev–Trinajstić information content (AvgIpc) is 3.20. The van der Waals surface area contributed by atoms with Gasteiger partial charge in [0.25, 0.3) is 11.8 Å². The number of aryl methyl sites for hydroxylation is 2. The number of nitrogens with zero attached hydrogens (tertiary/aromatic N) is 4. The Balaban J connectivity index is 1.04. The number of halogens is 6. The highest BCUT2D eigenvalue weighted by molar-refractivity contribution is 5.95. The lowest BCUT2D eigenvalue weighted by atomic mass is 9.89. The van der Waals surface area contributed by atoms with Gasteiger partial charge in [-0.2, -0.15) is 26.3 Å². The van der Waals surface area contributed by atoms with Crippen molar-refractivity contribution in [3.05, 3.63) is 142 Å². The fourth-order valence-corrected chi connectivity index (χ4v) is 9.39. The smallest absolute Gasteiger partial charge is 0.335 e. The Morgan fingerprint density at radius 2 is 0.914 bits per heavy atom. The number of piperidine rings is 2. The fraction of sp³-hybridized carbons (Fsp3) is 0.435. The number of rotatable bonds is 8. The summed E-state index contributed by atoms with van der Waals surface area (Å²) >= 11 is 0. The van der Waals surface area contributed by atoms with Crippen molar-refractivity contribution in [2.24, 2.45) is 0 Å². The summed E-state index contributed by atoms with van der Waals surface area (Å²) in [5, 5.41) is 0. The molecule has 3 aliphatic rings. The fourth-order valence-electron chi connectivity index (χ4n) is 9.39. The molecule has 3 aliphatic heterocycles. The number of likely N-dealkylation sites (tertiary alicyclic amines) is 2. The minimum atomic E-state index is -5.05. The SMILES string of the molecule is Cc1cc(C)cc(C(=O)N2CCC(N3CCN(C4CCN(C(=O)c5cc(C(F)(F)F)cc(C(F)(F)F)c5)C(Cc5ccccc5)C4)CC3)CC2Cc2ccccc2)c1. The number of alkyl halides is 6. The molecule has 0 aromatic heterocycles. The zero-order chi connectivity index (χ0) is 41.2. The van der Waals surface area contributed by atoms with Crippen LogP contribution in [0.2, 0.25) is 0 Å². The van der Waals surface area contributed by atoms with E-state index in [9.17, 15) is 35.9 Å². The van der Waals surface area contributed by atoms with E-state index in [0.717, 1.165) is 67.7 Å². The van der Waals surface area contributed by atoms with Crippen LogP contribution in [0.15, 0.2) is 97.1 Å². The lowest BCUT2D eigenvalue weighted by Crippen LogP contribution is -2.59. The Kier molecular flexibility index (Phi) is 12.4. The molecule has 0 N–H and O–H groups in total. The normalized spacial score (nSPS) is 22.6. The molecule has 4 aromatic carbocycles. The van der Waals surface area contributed by atoms with Crippen LogP contribution in [0.1, 0.15) is 79.8 Å². The summed E-state index contributed by atoms with van der Waals surface area (Å²) in [5.74, 6) is -0.757. The predicted molar refractivity (Wildman–Crippen MR) is 211 cm³/mol. The average molecular weight is 805 g/mol. The molecular weight excluding hydrogens is 755 g/mol. The van der Waals surface area contributed by atoms with Crippen LogP contribution in [-0.4, -0.2) is 94.8 Å². The Hall–Kier alpha value is -4.68. The highest BCUT2D eigenvalue weighted by Gasteiger charge is 2.41. The first-order valence-electron chi connectivity index (χ1n) is 20.2. The molecule has 3 fully saturated rings. The Labute approximate surface area is 336 Å². The van der Waals surface area contributed by atoms with E-state index < -0.39 is 41.0 Å². The number of carbonyl (C=O) groups is 2. The number of hydrogen-bond donors (Lipinski definition) is 0. The van der Waals surface area contributed by atoms with Gasteiger partial charge in [-0.05, 0) is 93.8 Å². The van der Waals surface area contributed by atoms with Crippen molar-refractivity contribution in [1.82, 2.24) is 19.6 Å². The summed E-state index contributed by atoms with van der Waals surface area (Å²) in [4.78, 5) is 36.4. The van der Waals surface area contributed by atoms with Gasteiger partial charge in [-0.15, -0.1) is 0 Å². The van der Waals surface area contributed by atoms with E-state index in [1.807, 2.05) is 74.5 Å². The van der Waals surface area contributed by atoms with Gasteiger partial charge in [-0.1, -0.05) is 77.9 Å². The second kappa shape index (κ2) is 17.3. The number of hydrogen-bond acceptors (Lipinski definition) is 4. The van der Waals surface area contributed by atoms with Gasteiger partial charge in [-0.3, -0.25) is 19.4 Å². The van der Waals surface area contributed by atoms with Gasteiger partial charge in [0.2, 0.25) is 0 Å². The zero-order valence-corrected chi connectivity index (χ0v) is 32.9. The van der Waals surface area contributed by atoms with Crippen LogP contribution in [0.5, 0.6) is 0 Å². The molecule has 4 aromatic rings. The molecule has 3 heterocycles. The van der Waals surface area contributed by atoms with Crippen molar-refractivity contribution >= 4 is 11.8 Å². The highest BCUT2D eigenvalue weighted by atomic mass is 19.4. The summed E-state index contributed by atoms with van der Waals surface area (Å²) in [6.07, 6.45) is -6.07. The molecule has 7 rings (SSSR count). The standard InChI is InChI=1S/C46H50F6N4O2/c1-31-21-32(2)23-35(22-31)43(57)55-15-13-39(29-41(55)24-33-9-5-3-6-10-33)53-17-19-54(20-18-53)40-14-16-56(42(30-40)25-34-11-7-4-8-12-34)44(58)36-26-37(45(47,48)49)28-38(27-36)46(50,51)52/h3-12,21-23,26-28,39-42H,13-20,24-25,29-30H2,1-2H3. The molecule has 0 aliphatic carbocycles. The highest BCUT2D eigenvalue weighted by Crippen LogP contribution is 2.38. The molecule has 0 saturated carbocycles. The lowest BCUT2D eigenvalue weighted by Gasteiger charge is -2.49. The van der Waals surface area contributed by atoms with E-state index in [4.69, 9.17) is 0 Å². The van der Waals surface area contributed by atoms with Gasteiger partial charge < -0.3 is 9.80 Å². The maximum Gasteiger partial charge on any atom is 0.416 e. The van der Waals surface area contributed by atoms with Crippen molar-refractivity contribution in [3.63, 3.8) is 0 Å². The first kappa shape index (κ1) is 41.5. The van der Waals surface area contributed by atoms with Gasteiger partial charge in [0.05, 0.1) is 11.1 Å². The van der Waals surface area contributed by atoms with E-state index in [1.54, 1.807) is 0 Å². The third-order valence-electron chi connectivity index (χ3n) is 12.2. The summed E-state index contributed by atoms with van der Waals surface area (Å²) in [7, 11) is 0. The molecule has 4 unspecified atom stereocenters. The summed E-state index contributed by atoms with van der Waals surface area (Å²) in [5.41, 5.74) is 1.37. The van der Waals surface area contributed by atoms with E-state index >= 15 is 0 Å². The van der Waals surface area contributed by atoms with Crippen LogP contribution >= 0.6 is 0 Å². The minimum absolute atomic E-state index is 0.0390. The van der Waals surface area contributed by atoms with E-state index in [-0.39, 0.29) is 30.6 Å². The molecule has 12 heteroatoms. The Bertz CT molecular complexity index is 2000. The van der Waals surface area contributed by atoms with Gasteiger partial charge in [0.1, 0.15) is 0 Å². The van der Waals surface area contributed by atoms with Crippen LogP contribution < -0.4 is 0 Å². The Morgan fingerprint density at radius 1 is 0.534 bits per heavy atom. The summed E-state index contributed by atoms with van der Waals surface area (Å²) in [6, 6.07) is 26.9. The van der Waals surface area contributed by atoms with Crippen LogP contribution in [0, 0.1) is 13.8 Å². The minimum Gasteiger partial charge on any atom is -0.335 e. The van der Waals surface area contributed by atoms with Gasteiger partial charge in [-0.25, -0.2) is 0 Å². The second-order valence-corrected chi connectivity index (χ2v) is 16.3. The number of piperazine rings is 1. The third-order valence-corrected chi connectivity index (χ3v) is 12.2. The van der Waals surface area contributed by atoms with Crippen LogP contribution in [0.4, 0.5) is 26.3 Å². The maximum atomic E-state index is 14.0. The second-order valence-electron chi connectivity index (χ2n) is 16.3. The molecular formula is C46H50F6N4O2. The zero-order valence-electron chi connectivity index (χ0n) is 32.9. The Morgan fingerprint density at radius 3 is 1.29 bits per heavy atom. The van der Waals surface area contributed by atoms with E-state index in [1.165, 1.54) is 10.5 Å². The first-order valence-corrected chi connectivity index (χ1v) is 20.2. The van der Waals surface area contributed by atoms with Crippen molar-refractivity contribution in [2.45, 2.75) is 88.9 Å². The quantitative estimate of drug-likeness (QED) is 0.167. The molecule has 4 atom stereocenters. The third kappa shape index (κ3) is 9.77. The van der Waals surface area contributed by atoms with Crippen molar-refractivity contribution in [2.75, 3.05) is 39.3 Å². The lowest BCUT2D eigenvalue weighted by molar-refractivity contribution is -0.143. The van der Waals surface area contributed by atoms with Gasteiger partial charge in [0, 0.05) is 74.6 Å². The molecule has 0 spiro atoms. The molecule has 0 radical (unpaired) electrons. The largest absolute Gasteiger partial charge is 0.416 e. The summed E-state index contributed by atoms with van der Waals surface area (Å²) in [6.45, 7) is 8.17. The maximum absolute atomic E-state index is 14.0.